The maximum absolute atomic E-state index is 13.3. The summed E-state index contributed by atoms with van der Waals surface area (Å²) in [5.41, 5.74) is 0.883. The maximum Gasteiger partial charge on any atom is 0.263 e. The Hall–Kier alpha value is -2.44. The van der Waals surface area contributed by atoms with Gasteiger partial charge in [-0.3, -0.25) is 9.59 Å². The first kappa shape index (κ1) is 17.9. The molecule has 0 aromatic carbocycles. The van der Waals surface area contributed by atoms with Crippen molar-refractivity contribution in [2.45, 2.75) is 65.6 Å². The average molecular weight is 369 g/mol. The van der Waals surface area contributed by atoms with E-state index in [1.165, 1.54) is 0 Å². The van der Waals surface area contributed by atoms with Gasteiger partial charge in [-0.25, -0.2) is 0 Å². The van der Waals surface area contributed by atoms with Gasteiger partial charge in [0.2, 0.25) is 0 Å². The second-order valence-corrected chi connectivity index (χ2v) is 8.32. The third-order valence-corrected chi connectivity index (χ3v) is 5.58. The zero-order valence-electron chi connectivity index (χ0n) is 16.5. The Morgan fingerprint density at radius 3 is 2.67 bits per heavy atom. The molecule has 2 aromatic heterocycles. The summed E-state index contributed by atoms with van der Waals surface area (Å²) in [7, 11) is 0. The lowest BCUT2D eigenvalue weighted by Crippen LogP contribution is -2.44. The summed E-state index contributed by atoms with van der Waals surface area (Å²) < 4.78 is 3.88. The number of carbonyl (C=O) groups is 1. The molecule has 0 saturated heterocycles. The summed E-state index contributed by atoms with van der Waals surface area (Å²) in [6.07, 6.45) is 4.79. The molecule has 1 aliphatic carbocycles. The summed E-state index contributed by atoms with van der Waals surface area (Å²) in [4.78, 5) is 28.1. The molecule has 0 N–H and O–H groups in total. The summed E-state index contributed by atoms with van der Waals surface area (Å²) in [6, 6.07) is 2.28. The van der Waals surface area contributed by atoms with E-state index in [1.54, 1.807) is 9.47 Å². The fourth-order valence-electron chi connectivity index (χ4n) is 4.15. The molecule has 1 aliphatic heterocycles. The molecule has 27 heavy (non-hydrogen) atoms. The molecule has 7 nitrogen and oxygen atoms in total. The van der Waals surface area contributed by atoms with E-state index >= 15 is 0 Å². The quantitative estimate of drug-likeness (QED) is 0.830. The van der Waals surface area contributed by atoms with E-state index in [0.29, 0.717) is 24.6 Å². The molecule has 2 aliphatic rings. The van der Waals surface area contributed by atoms with Crippen LogP contribution in [0.4, 0.5) is 0 Å². The number of amides is 1. The summed E-state index contributed by atoms with van der Waals surface area (Å²) in [6.45, 7) is 9.13. The highest BCUT2D eigenvalue weighted by molar-refractivity contribution is 5.95. The lowest BCUT2D eigenvalue weighted by molar-refractivity contribution is 0.0657. The largest absolute Gasteiger partial charge is 0.329 e. The average Bonchev–Trinajstić information content (AvgIpc) is 3.37. The standard InChI is InChI=1S/C20H27N5O2/c1-12(2)9-16-10-23(11-17-22-21-14(4)25(16)17)19(26)18-13(3)7-8-24(20(18)27)15-5-6-15/h7-8,12,15-16H,5-6,9-11H2,1-4H3/t16-/m0/s1. The van der Waals surface area contributed by atoms with Gasteiger partial charge >= 0.3 is 0 Å². The molecule has 0 bridgehead atoms. The van der Waals surface area contributed by atoms with Crippen LogP contribution in [0.3, 0.4) is 0 Å². The van der Waals surface area contributed by atoms with Crippen molar-refractivity contribution in [1.82, 2.24) is 24.2 Å². The number of fused-ring (bicyclic) bond motifs is 1. The Bertz CT molecular complexity index is 938. The minimum absolute atomic E-state index is 0.141. The van der Waals surface area contributed by atoms with Crippen LogP contribution < -0.4 is 5.56 Å². The summed E-state index contributed by atoms with van der Waals surface area (Å²) in [5.74, 6) is 1.99. The van der Waals surface area contributed by atoms with Gasteiger partial charge in [-0.15, -0.1) is 10.2 Å². The predicted octanol–water partition coefficient (Wildman–Crippen LogP) is 2.63. The SMILES string of the molecule is Cc1ccn(C2CC2)c(=O)c1C(=O)N1Cc2nnc(C)n2[C@@H](CC(C)C)C1. The Morgan fingerprint density at radius 2 is 2.00 bits per heavy atom. The highest BCUT2D eigenvalue weighted by atomic mass is 16.2. The minimum Gasteiger partial charge on any atom is -0.329 e. The molecule has 4 rings (SSSR count). The number of hydrogen-bond donors (Lipinski definition) is 0. The van der Waals surface area contributed by atoms with Gasteiger partial charge in [0, 0.05) is 18.8 Å². The van der Waals surface area contributed by atoms with Crippen molar-refractivity contribution >= 4 is 5.91 Å². The molecule has 1 atom stereocenters. The summed E-state index contributed by atoms with van der Waals surface area (Å²) >= 11 is 0. The second kappa shape index (κ2) is 6.62. The van der Waals surface area contributed by atoms with Gasteiger partial charge in [-0.05, 0) is 50.7 Å². The lowest BCUT2D eigenvalue weighted by Gasteiger charge is -2.35. The van der Waals surface area contributed by atoms with Crippen molar-refractivity contribution in [3.8, 4) is 0 Å². The molecular formula is C20H27N5O2. The third-order valence-electron chi connectivity index (χ3n) is 5.58. The fraction of sp³-hybridized carbons (Fsp3) is 0.600. The van der Waals surface area contributed by atoms with Crippen molar-refractivity contribution in [1.29, 1.82) is 0 Å². The van der Waals surface area contributed by atoms with E-state index in [0.717, 1.165) is 36.5 Å². The minimum atomic E-state index is -0.187. The van der Waals surface area contributed by atoms with Gasteiger partial charge in [0.25, 0.3) is 11.5 Å². The molecule has 7 heteroatoms. The van der Waals surface area contributed by atoms with E-state index in [2.05, 4.69) is 28.6 Å². The number of hydrogen-bond acceptors (Lipinski definition) is 4. The number of rotatable bonds is 4. The number of carbonyl (C=O) groups excluding carboxylic acids is 1. The van der Waals surface area contributed by atoms with Crippen LogP contribution in [0.1, 0.15) is 72.8 Å². The van der Waals surface area contributed by atoms with Crippen LogP contribution in [0.25, 0.3) is 0 Å². The van der Waals surface area contributed by atoms with Crippen molar-refractivity contribution in [3.05, 3.63) is 45.4 Å². The van der Waals surface area contributed by atoms with Gasteiger partial charge in [0.05, 0.1) is 12.6 Å². The zero-order chi connectivity index (χ0) is 19.3. The molecule has 3 heterocycles. The number of nitrogens with zero attached hydrogens (tertiary/aromatic N) is 5. The first-order chi connectivity index (χ1) is 12.9. The molecule has 1 saturated carbocycles. The molecule has 1 amide bonds. The molecule has 2 aromatic rings. The van der Waals surface area contributed by atoms with Gasteiger partial charge in [0.15, 0.2) is 5.82 Å². The Labute approximate surface area is 159 Å². The lowest BCUT2D eigenvalue weighted by atomic mass is 10.0. The smallest absolute Gasteiger partial charge is 0.263 e. The number of aromatic nitrogens is 4. The van der Waals surface area contributed by atoms with Crippen molar-refractivity contribution in [2.24, 2.45) is 5.92 Å². The van der Waals surface area contributed by atoms with Gasteiger partial charge in [-0.2, -0.15) is 0 Å². The van der Waals surface area contributed by atoms with Crippen LogP contribution >= 0.6 is 0 Å². The van der Waals surface area contributed by atoms with Crippen molar-refractivity contribution in [3.63, 3.8) is 0 Å². The van der Waals surface area contributed by atoms with Crippen LogP contribution in [-0.4, -0.2) is 36.7 Å². The molecule has 0 spiro atoms. The Morgan fingerprint density at radius 1 is 1.26 bits per heavy atom. The van der Waals surface area contributed by atoms with E-state index < -0.39 is 0 Å². The number of aryl methyl sites for hydroxylation is 2. The van der Waals surface area contributed by atoms with Crippen LogP contribution in [-0.2, 0) is 6.54 Å². The summed E-state index contributed by atoms with van der Waals surface area (Å²) in [5, 5.41) is 8.49. The van der Waals surface area contributed by atoms with E-state index in [1.807, 2.05) is 26.1 Å². The van der Waals surface area contributed by atoms with E-state index in [9.17, 15) is 9.59 Å². The topological polar surface area (TPSA) is 73.0 Å². The third kappa shape index (κ3) is 3.19. The zero-order valence-corrected chi connectivity index (χ0v) is 16.5. The van der Waals surface area contributed by atoms with Gasteiger partial charge < -0.3 is 14.0 Å². The normalized spacial score (nSPS) is 19.4. The monoisotopic (exact) mass is 369 g/mol. The van der Waals surface area contributed by atoms with Gasteiger partial charge in [-0.1, -0.05) is 13.8 Å². The Balaban J connectivity index is 1.69. The predicted molar refractivity (Wildman–Crippen MR) is 102 cm³/mol. The molecule has 0 unspecified atom stereocenters. The highest BCUT2D eigenvalue weighted by Crippen LogP contribution is 2.34. The second-order valence-electron chi connectivity index (χ2n) is 8.32. The van der Waals surface area contributed by atoms with Crippen molar-refractivity contribution < 1.29 is 4.79 Å². The molecule has 144 valence electrons. The highest BCUT2D eigenvalue weighted by Gasteiger charge is 2.34. The number of pyridine rings is 1. The van der Waals surface area contributed by atoms with Gasteiger partial charge in [0.1, 0.15) is 11.4 Å². The van der Waals surface area contributed by atoms with E-state index in [4.69, 9.17) is 0 Å². The van der Waals surface area contributed by atoms with Crippen LogP contribution in [0, 0.1) is 19.8 Å². The van der Waals surface area contributed by atoms with Crippen molar-refractivity contribution in [2.75, 3.05) is 6.54 Å². The van der Waals surface area contributed by atoms with Crippen LogP contribution in [0.15, 0.2) is 17.1 Å². The maximum atomic E-state index is 13.3. The first-order valence-corrected chi connectivity index (χ1v) is 9.78. The molecular weight excluding hydrogens is 342 g/mol. The van der Waals surface area contributed by atoms with Crippen LogP contribution in [0.2, 0.25) is 0 Å². The van der Waals surface area contributed by atoms with E-state index in [-0.39, 0.29) is 23.6 Å². The fourth-order valence-corrected chi connectivity index (χ4v) is 4.15. The molecule has 0 radical (unpaired) electrons. The molecule has 1 fully saturated rings. The van der Waals surface area contributed by atoms with Crippen LogP contribution in [0.5, 0.6) is 0 Å². The Kier molecular flexibility index (Phi) is 4.40. The first-order valence-electron chi connectivity index (χ1n) is 9.78.